The number of nitrogens with zero attached hydrogens (tertiary/aromatic N) is 5. The van der Waals surface area contributed by atoms with Gasteiger partial charge in [-0.3, -0.25) is 24.5 Å². The Morgan fingerprint density at radius 2 is 0.839 bits per heavy atom. The quantitative estimate of drug-likeness (QED) is 0.0147. The standard InChI is InChI=1S/C23H27N2O3.C17H12BrNO2.C9H7NO.C8H7BrO2.C6H16NO.C2Cl2O2.2CH4/c1-25(2,3)15-6-16-27-17-18-10-12-20(13-11-18)23(26)28-21-9-4-7-19-8-5-14-24-22(19)21;18-11-12-6-8-14(9-7-12)17(20)21-15-5-1-3-13-4-2-10-19-16(13)15;11-8-5-1-3-7-4-2-6-10-9(7)8;9-5-6-1-3-7(4-2-6)8(10)11;1-7(2,3)5-4-6-8;3-1(5)2(4)6;;/h4-5,7-14H,6,15-17H2,1-3H3;1-10H,11H2;1-6,11H;1-4H,5H2,(H,10,11);8H,4-6H2,1-3H3;;2*1H4/q+1;;;;+1;;;. The molecule has 9 aromatic rings. The number of aliphatic hydroxyl groups is 1. The van der Waals surface area contributed by atoms with Gasteiger partial charge in [0, 0.05) is 64.9 Å². The average Bonchev–Trinajstić information content (AvgIpc) is 2.71. The monoisotopic (exact) mass is 1360 g/mol. The Bertz CT molecular complexity index is 3540. The molecule has 87 heavy (non-hydrogen) atoms. The van der Waals surface area contributed by atoms with Crippen LogP contribution < -0.4 is 9.47 Å². The highest BCUT2D eigenvalue weighted by atomic mass is 79.9. The summed E-state index contributed by atoms with van der Waals surface area (Å²) >= 11 is 15.6. The average molecular weight is 1360 g/mol. The number of carbonyl (C=O) groups is 5. The van der Waals surface area contributed by atoms with Gasteiger partial charge >= 0.3 is 28.4 Å². The zero-order valence-corrected chi connectivity index (χ0v) is 52.7. The van der Waals surface area contributed by atoms with Crippen molar-refractivity contribution >= 4 is 116 Å². The number of aliphatic hydroxyl groups excluding tert-OH is 1. The first-order valence-electron chi connectivity index (χ1n) is 26.5. The molecule has 0 saturated heterocycles. The molecule has 3 aromatic heterocycles. The number of aromatic hydroxyl groups is 1. The molecule has 0 unspecified atom stereocenters. The van der Waals surface area contributed by atoms with Crippen molar-refractivity contribution in [3.63, 3.8) is 0 Å². The maximum absolute atomic E-state index is 12.5. The van der Waals surface area contributed by atoms with Crippen LogP contribution in [0, 0.1) is 0 Å². The molecule has 0 atom stereocenters. The summed E-state index contributed by atoms with van der Waals surface area (Å²) in [4.78, 5) is 66.5. The first-order valence-corrected chi connectivity index (χ1v) is 29.5. The van der Waals surface area contributed by atoms with E-state index in [-0.39, 0.29) is 26.6 Å². The number of halogens is 4. The third-order valence-corrected chi connectivity index (χ3v) is 13.4. The maximum atomic E-state index is 12.5. The van der Waals surface area contributed by atoms with Gasteiger partial charge in [0.1, 0.15) is 22.3 Å². The van der Waals surface area contributed by atoms with E-state index >= 15 is 0 Å². The van der Waals surface area contributed by atoms with Crippen molar-refractivity contribution in [3.05, 3.63) is 216 Å². The van der Waals surface area contributed by atoms with Crippen LogP contribution in [0.3, 0.4) is 0 Å². The molecule has 3 heterocycles. The molecule has 0 bridgehead atoms. The number of carboxylic acid groups (broad SMARTS) is 1. The smallest absolute Gasteiger partial charge is 0.343 e. The lowest BCUT2D eigenvalue weighted by Crippen LogP contribution is -2.35. The predicted octanol–water partition coefficient (Wildman–Crippen LogP) is 14.5. The summed E-state index contributed by atoms with van der Waals surface area (Å²) in [5.74, 6) is -0.479. The number of aromatic nitrogens is 3. The first-order chi connectivity index (χ1) is 40.5. The normalized spacial score (nSPS) is 10.4. The molecule has 16 nitrogen and oxygen atoms in total. The highest BCUT2D eigenvalue weighted by Gasteiger charge is 2.14. The zero-order valence-electron chi connectivity index (χ0n) is 48.0. The van der Waals surface area contributed by atoms with Crippen molar-refractivity contribution in [2.45, 2.75) is 45.0 Å². The molecule has 0 spiro atoms. The summed E-state index contributed by atoms with van der Waals surface area (Å²) in [5, 5.41) is 28.3. The zero-order chi connectivity index (χ0) is 62.4. The van der Waals surface area contributed by atoms with Crippen LogP contribution in [-0.4, -0.2) is 136 Å². The lowest BCUT2D eigenvalue weighted by atomic mass is 10.1. The number of quaternary nitrogens is 2. The Morgan fingerprint density at radius 3 is 1.20 bits per heavy atom. The van der Waals surface area contributed by atoms with E-state index < -0.39 is 22.4 Å². The summed E-state index contributed by atoms with van der Waals surface area (Å²) in [5.41, 5.74) is 6.60. The topological polar surface area (TPSA) is 212 Å². The number of carbonyl (C=O) groups excluding carboxylic acids is 4. The third kappa shape index (κ3) is 28.2. The first kappa shape index (κ1) is 75.6. The molecule has 0 aliphatic rings. The van der Waals surface area contributed by atoms with Crippen LogP contribution >= 0.6 is 55.1 Å². The van der Waals surface area contributed by atoms with E-state index in [4.69, 9.17) is 24.4 Å². The fourth-order valence-corrected chi connectivity index (χ4v) is 8.05. The number of carboxylic acids is 1. The van der Waals surface area contributed by atoms with Gasteiger partial charge in [-0.05, 0) is 113 Å². The van der Waals surface area contributed by atoms with Crippen LogP contribution in [0.4, 0.5) is 0 Å². The summed E-state index contributed by atoms with van der Waals surface area (Å²) in [7, 11) is 12.9. The molecule has 0 amide bonds. The molecule has 9 rings (SSSR count). The molecular formula is C67H77Br2Cl2N5O11+2. The molecule has 462 valence electrons. The number of rotatable bonds is 17. The van der Waals surface area contributed by atoms with E-state index in [1.807, 2.05) is 91.0 Å². The lowest BCUT2D eigenvalue weighted by molar-refractivity contribution is -0.870. The second kappa shape index (κ2) is 39.3. The number of aromatic carboxylic acids is 1. The number of phenols is 1. The van der Waals surface area contributed by atoms with Crippen LogP contribution in [0.25, 0.3) is 32.7 Å². The van der Waals surface area contributed by atoms with Gasteiger partial charge in [-0.1, -0.05) is 138 Å². The number of phenolic OH excluding ortho intramolecular Hbond substituents is 1. The fourth-order valence-electron chi connectivity index (χ4n) is 7.30. The van der Waals surface area contributed by atoms with E-state index in [0.29, 0.717) is 58.0 Å². The largest absolute Gasteiger partial charge is 0.506 e. The number of benzene rings is 6. The summed E-state index contributed by atoms with van der Waals surface area (Å²) in [6, 6.07) is 49.2. The van der Waals surface area contributed by atoms with E-state index in [1.54, 1.807) is 91.4 Å². The Morgan fingerprint density at radius 1 is 0.483 bits per heavy atom. The number of alkyl halides is 2. The predicted molar refractivity (Wildman–Crippen MR) is 355 cm³/mol. The van der Waals surface area contributed by atoms with Gasteiger partial charge in [-0.2, -0.15) is 0 Å². The molecule has 0 aliphatic carbocycles. The number of pyridine rings is 3. The van der Waals surface area contributed by atoms with E-state index in [9.17, 15) is 29.1 Å². The number of fused-ring (bicyclic) bond motifs is 3. The maximum Gasteiger partial charge on any atom is 0.343 e. The van der Waals surface area contributed by atoms with Crippen LogP contribution in [0.15, 0.2) is 182 Å². The van der Waals surface area contributed by atoms with Crippen molar-refractivity contribution in [2.24, 2.45) is 0 Å². The number of para-hydroxylation sites is 3. The Labute approximate surface area is 536 Å². The van der Waals surface area contributed by atoms with Crippen molar-refractivity contribution in [1.29, 1.82) is 0 Å². The van der Waals surface area contributed by atoms with E-state index in [2.05, 4.69) is 112 Å². The molecular weight excluding hydrogens is 1280 g/mol. The van der Waals surface area contributed by atoms with Gasteiger partial charge in [0.05, 0.1) is 85.3 Å². The van der Waals surface area contributed by atoms with Gasteiger partial charge in [0.25, 0.3) is 0 Å². The molecule has 6 aromatic carbocycles. The van der Waals surface area contributed by atoms with Gasteiger partial charge < -0.3 is 38.5 Å². The van der Waals surface area contributed by atoms with Crippen LogP contribution in [0.2, 0.25) is 0 Å². The van der Waals surface area contributed by atoms with Gasteiger partial charge in [-0.15, -0.1) is 0 Å². The molecule has 3 N–H and O–H groups in total. The van der Waals surface area contributed by atoms with Crippen molar-refractivity contribution in [1.82, 2.24) is 15.0 Å². The minimum absolute atomic E-state index is 0. The van der Waals surface area contributed by atoms with Crippen LogP contribution in [0.5, 0.6) is 17.2 Å². The second-order valence-electron chi connectivity index (χ2n) is 20.5. The van der Waals surface area contributed by atoms with Crippen molar-refractivity contribution in [2.75, 3.05) is 68.6 Å². The number of esters is 2. The van der Waals surface area contributed by atoms with Gasteiger partial charge in [-0.25, -0.2) is 14.4 Å². The van der Waals surface area contributed by atoms with Crippen molar-refractivity contribution in [3.8, 4) is 17.2 Å². The molecule has 0 radical (unpaired) electrons. The van der Waals surface area contributed by atoms with E-state index in [0.717, 1.165) is 85.0 Å². The molecule has 0 saturated carbocycles. The third-order valence-electron chi connectivity index (χ3n) is 11.6. The Kier molecular flexibility index (Phi) is 34.1. The molecule has 0 aliphatic heterocycles. The van der Waals surface area contributed by atoms with Gasteiger partial charge in [0.2, 0.25) is 0 Å². The Hall–Kier alpha value is -7.52. The van der Waals surface area contributed by atoms with E-state index in [1.165, 1.54) is 0 Å². The SMILES string of the molecule is C.C.C[N+](C)(C)CCCO.C[N+](C)(C)CCCOCc1ccc(C(=O)Oc2cccc3cccnc23)cc1.O=C(Cl)C(=O)Cl.O=C(O)c1ccc(CBr)cc1.O=C(Oc1cccc2cccnc12)c1ccc(CBr)cc1.Oc1cccc2cccnc12. The highest BCUT2D eigenvalue weighted by Crippen LogP contribution is 2.26. The lowest BCUT2D eigenvalue weighted by Gasteiger charge is -2.23. The van der Waals surface area contributed by atoms with Crippen molar-refractivity contribution < 1.29 is 62.5 Å². The summed E-state index contributed by atoms with van der Waals surface area (Å²) in [6.45, 7) is 3.72. The molecule has 0 fully saturated rings. The number of hydrogen-bond acceptors (Lipinski definition) is 13. The highest BCUT2D eigenvalue weighted by molar-refractivity contribution is 9.08. The Balaban J connectivity index is 0.000000384. The summed E-state index contributed by atoms with van der Waals surface area (Å²) < 4.78 is 18.6. The number of ether oxygens (including phenoxy) is 3. The minimum Gasteiger partial charge on any atom is -0.506 e. The molecule has 20 heteroatoms. The minimum atomic E-state index is -1.14. The van der Waals surface area contributed by atoms with Crippen LogP contribution in [0.1, 0.15) is 75.5 Å². The second-order valence-corrected chi connectivity index (χ2v) is 22.3. The summed E-state index contributed by atoms with van der Waals surface area (Å²) in [6.07, 6.45) is 6.97. The van der Waals surface area contributed by atoms with Crippen LogP contribution in [-0.2, 0) is 31.6 Å². The fraction of sp³-hybridized carbons (Fsp3) is 0.254. The number of hydrogen-bond donors (Lipinski definition) is 3. The van der Waals surface area contributed by atoms with Gasteiger partial charge in [0.15, 0.2) is 11.5 Å².